The highest BCUT2D eigenvalue weighted by Gasteiger charge is 2.13. The van der Waals surface area contributed by atoms with Crippen LogP contribution in [0.2, 0.25) is 0 Å². The molecule has 0 aromatic heterocycles. The Balaban J connectivity index is 2.82. The number of nitrogens with zero attached hydrogens (tertiary/aromatic N) is 2. The first-order chi connectivity index (χ1) is 6.03. The second kappa shape index (κ2) is 3.46. The largest absolute Gasteiger partial charge is 0.410 e. The van der Waals surface area contributed by atoms with Crippen LogP contribution < -0.4 is 5.32 Å². The Kier molecular flexibility index (Phi) is 1.46. The van der Waals surface area contributed by atoms with Crippen molar-refractivity contribution in [2.24, 2.45) is 10.1 Å². The summed E-state index contributed by atoms with van der Waals surface area (Å²) in [7, 11) is 0. The number of nitrogens with one attached hydrogen (secondary N) is 1. The molecule has 1 fully saturated rings. The fourth-order valence-electron chi connectivity index (χ4n) is 0.625. The molecule has 2 N–H and O–H groups in total. The van der Waals surface area contributed by atoms with E-state index in [1.54, 1.807) is 0 Å². The van der Waals surface area contributed by atoms with Gasteiger partial charge in [0.25, 0.3) is 0 Å². The van der Waals surface area contributed by atoms with Crippen LogP contribution >= 0.6 is 11.8 Å². The SMILES string of the molecule is [2H]C([2H])([2H])N=C1NCCS/C1=N/O. The van der Waals surface area contributed by atoms with Crippen LogP contribution in [0.25, 0.3) is 0 Å². The van der Waals surface area contributed by atoms with Gasteiger partial charge in [0.05, 0.1) is 0 Å². The van der Waals surface area contributed by atoms with Gasteiger partial charge in [-0.25, -0.2) is 0 Å². The minimum Gasteiger partial charge on any atom is -0.410 e. The molecular formula is C5H9N3OS. The van der Waals surface area contributed by atoms with Gasteiger partial charge < -0.3 is 10.5 Å². The van der Waals surface area contributed by atoms with E-state index in [-0.39, 0.29) is 10.9 Å². The van der Waals surface area contributed by atoms with Crippen molar-refractivity contribution in [1.29, 1.82) is 0 Å². The standard InChI is InChI=1S/C5H9N3OS/c1-6-4-5(8-9)10-3-2-7-4/h9H,2-3H2,1H3,(H,6,7)/b8-5+/i1D3. The number of aliphatic imine (C=N–C) groups is 1. The Morgan fingerprint density at radius 2 is 2.80 bits per heavy atom. The van der Waals surface area contributed by atoms with Crippen molar-refractivity contribution in [1.82, 2.24) is 5.32 Å². The minimum absolute atomic E-state index is 0.138. The number of amidine groups is 1. The number of rotatable bonds is 0. The molecule has 4 nitrogen and oxygen atoms in total. The highest BCUT2D eigenvalue weighted by atomic mass is 32.2. The Bertz CT molecular complexity index is 250. The van der Waals surface area contributed by atoms with Crippen molar-refractivity contribution in [2.45, 2.75) is 0 Å². The molecular weight excluding hydrogens is 150 g/mol. The van der Waals surface area contributed by atoms with Gasteiger partial charge in [-0.2, -0.15) is 0 Å². The lowest BCUT2D eigenvalue weighted by Crippen LogP contribution is -2.36. The molecule has 0 radical (unpaired) electrons. The molecule has 1 aliphatic rings. The van der Waals surface area contributed by atoms with Crippen LogP contribution in [0.5, 0.6) is 0 Å². The number of hydrogen-bond donors (Lipinski definition) is 2. The molecule has 0 aromatic rings. The van der Waals surface area contributed by atoms with Gasteiger partial charge >= 0.3 is 0 Å². The summed E-state index contributed by atoms with van der Waals surface area (Å²) in [5.74, 6) is 0.873. The first-order valence-electron chi connectivity index (χ1n) is 4.22. The van der Waals surface area contributed by atoms with E-state index >= 15 is 0 Å². The summed E-state index contributed by atoms with van der Waals surface area (Å²) in [5, 5.41) is 14.4. The van der Waals surface area contributed by atoms with E-state index in [0.717, 1.165) is 5.75 Å². The summed E-state index contributed by atoms with van der Waals surface area (Å²) in [6, 6.07) is 0. The highest BCUT2D eigenvalue weighted by molar-refractivity contribution is 8.15. The molecule has 56 valence electrons. The Hall–Kier alpha value is -0.710. The number of hydrogen-bond acceptors (Lipinski definition) is 4. The van der Waals surface area contributed by atoms with Crippen LogP contribution in [-0.4, -0.2) is 35.4 Å². The third-order valence-corrected chi connectivity index (χ3v) is 2.00. The zero-order valence-corrected chi connectivity index (χ0v) is 5.98. The quantitative estimate of drug-likeness (QED) is 0.393. The zero-order chi connectivity index (χ0) is 9.90. The van der Waals surface area contributed by atoms with Crippen molar-refractivity contribution in [2.75, 3.05) is 19.3 Å². The van der Waals surface area contributed by atoms with Crippen molar-refractivity contribution < 1.29 is 9.32 Å². The van der Waals surface area contributed by atoms with Gasteiger partial charge in [-0.3, -0.25) is 4.99 Å². The summed E-state index contributed by atoms with van der Waals surface area (Å²) in [6.45, 7) is -1.77. The summed E-state index contributed by atoms with van der Waals surface area (Å²) < 4.78 is 20.7. The van der Waals surface area contributed by atoms with Crippen LogP contribution in [0.3, 0.4) is 0 Å². The first-order valence-corrected chi connectivity index (χ1v) is 3.70. The first kappa shape index (κ1) is 4.23. The molecule has 0 bridgehead atoms. The van der Waals surface area contributed by atoms with E-state index in [9.17, 15) is 0 Å². The summed E-state index contributed by atoms with van der Waals surface area (Å²) in [5.41, 5.74) is 0. The predicted molar refractivity (Wildman–Crippen MR) is 43.0 cm³/mol. The monoisotopic (exact) mass is 162 g/mol. The lowest BCUT2D eigenvalue weighted by atomic mass is 10.5. The molecule has 1 rings (SSSR count). The molecule has 10 heavy (non-hydrogen) atoms. The summed E-state index contributed by atoms with van der Waals surface area (Å²) in [6.07, 6.45) is 0. The van der Waals surface area contributed by atoms with Crippen molar-refractivity contribution in [3.05, 3.63) is 0 Å². The topological polar surface area (TPSA) is 57.0 Å². The molecule has 1 saturated heterocycles. The smallest absolute Gasteiger partial charge is 0.177 e. The van der Waals surface area contributed by atoms with Gasteiger partial charge in [0, 0.05) is 23.4 Å². The van der Waals surface area contributed by atoms with E-state index in [4.69, 9.17) is 9.32 Å². The molecule has 0 aliphatic carbocycles. The fraction of sp³-hybridized carbons (Fsp3) is 0.600. The lowest BCUT2D eigenvalue weighted by Gasteiger charge is -2.14. The van der Waals surface area contributed by atoms with Gasteiger partial charge in [-0.1, -0.05) is 16.9 Å². The van der Waals surface area contributed by atoms with Crippen molar-refractivity contribution >= 4 is 22.6 Å². The van der Waals surface area contributed by atoms with Gasteiger partial charge in [-0.05, 0) is 0 Å². The number of thioether (sulfide) groups is 1. The molecule has 5 heteroatoms. The maximum Gasteiger partial charge on any atom is 0.177 e. The second-order valence-electron chi connectivity index (χ2n) is 1.64. The van der Waals surface area contributed by atoms with E-state index in [1.165, 1.54) is 11.8 Å². The fourth-order valence-corrected chi connectivity index (χ4v) is 1.33. The average molecular weight is 162 g/mol. The van der Waals surface area contributed by atoms with Gasteiger partial charge in [-0.15, -0.1) is 0 Å². The maximum atomic E-state index is 8.52. The Morgan fingerprint density at radius 1 is 1.90 bits per heavy atom. The molecule has 0 amide bonds. The normalized spacial score (nSPS) is 32.6. The van der Waals surface area contributed by atoms with E-state index in [1.807, 2.05) is 0 Å². The third kappa shape index (κ3) is 1.41. The van der Waals surface area contributed by atoms with Gasteiger partial charge in [0.1, 0.15) is 0 Å². The summed E-state index contributed by atoms with van der Waals surface area (Å²) in [4.78, 5) is 3.41. The maximum absolute atomic E-state index is 8.52. The Labute approximate surface area is 67.6 Å². The molecule has 1 aliphatic heterocycles. The van der Waals surface area contributed by atoms with Gasteiger partial charge in [0.2, 0.25) is 0 Å². The average Bonchev–Trinajstić information content (AvgIpc) is 2.02. The zero-order valence-electron chi connectivity index (χ0n) is 8.16. The van der Waals surface area contributed by atoms with Crippen molar-refractivity contribution in [3.63, 3.8) is 0 Å². The molecule has 0 aromatic carbocycles. The van der Waals surface area contributed by atoms with Crippen LogP contribution in [-0.2, 0) is 0 Å². The van der Waals surface area contributed by atoms with E-state index < -0.39 is 6.98 Å². The van der Waals surface area contributed by atoms with Crippen LogP contribution in [0.15, 0.2) is 10.1 Å². The molecule has 0 atom stereocenters. The summed E-state index contributed by atoms with van der Waals surface area (Å²) >= 11 is 1.27. The minimum atomic E-state index is -2.39. The van der Waals surface area contributed by atoms with Crippen LogP contribution in [0, 0.1) is 0 Å². The molecule has 0 unspecified atom stereocenters. The molecule has 0 spiro atoms. The van der Waals surface area contributed by atoms with Crippen LogP contribution in [0.1, 0.15) is 4.11 Å². The van der Waals surface area contributed by atoms with Crippen molar-refractivity contribution in [3.8, 4) is 0 Å². The molecule has 1 heterocycles. The van der Waals surface area contributed by atoms with E-state index in [0.29, 0.717) is 6.54 Å². The predicted octanol–water partition coefficient (Wildman–Crippen LogP) is 0.139. The Morgan fingerprint density at radius 3 is 3.50 bits per heavy atom. The number of oxime groups is 1. The highest BCUT2D eigenvalue weighted by Crippen LogP contribution is 2.07. The van der Waals surface area contributed by atoms with Crippen LogP contribution in [0.4, 0.5) is 0 Å². The van der Waals surface area contributed by atoms with Gasteiger partial charge in [0.15, 0.2) is 10.9 Å². The third-order valence-electron chi connectivity index (χ3n) is 1.04. The van der Waals surface area contributed by atoms with E-state index in [2.05, 4.69) is 15.5 Å². The molecule has 0 saturated carbocycles. The second-order valence-corrected chi connectivity index (χ2v) is 2.72. The lowest BCUT2D eigenvalue weighted by molar-refractivity contribution is 0.321.